The van der Waals surface area contributed by atoms with Crippen LogP contribution in [-0.4, -0.2) is 55.6 Å². The number of nitrogens with zero attached hydrogens (tertiary/aromatic N) is 2. The molecule has 0 unspecified atom stereocenters. The van der Waals surface area contributed by atoms with Crippen LogP contribution in [0.2, 0.25) is 5.02 Å². The predicted molar refractivity (Wildman–Crippen MR) is 119 cm³/mol. The van der Waals surface area contributed by atoms with Crippen molar-refractivity contribution in [1.29, 1.82) is 0 Å². The standard InChI is InChI=1S/C22H22ClF3N4O2/c23-15-3-1-2-14-4-5-16(29-21(14)15)19-18(32-22(24,25)26)7-6-17(20(19)27)28-8-9-30-10-12-31-13-11-30/h1-7,28H,8-13,27H2. The molecule has 0 atom stereocenters. The number of pyridine rings is 1. The van der Waals surface area contributed by atoms with E-state index in [2.05, 4.69) is 19.9 Å². The van der Waals surface area contributed by atoms with E-state index in [1.54, 1.807) is 24.3 Å². The summed E-state index contributed by atoms with van der Waals surface area (Å²) in [6.07, 6.45) is -4.87. The van der Waals surface area contributed by atoms with Gasteiger partial charge in [0.2, 0.25) is 0 Å². The Morgan fingerprint density at radius 3 is 2.66 bits per heavy atom. The average molecular weight is 467 g/mol. The number of rotatable bonds is 6. The van der Waals surface area contributed by atoms with Crippen molar-refractivity contribution in [3.05, 3.63) is 47.5 Å². The van der Waals surface area contributed by atoms with Crippen LogP contribution in [-0.2, 0) is 4.74 Å². The van der Waals surface area contributed by atoms with Crippen LogP contribution in [0.4, 0.5) is 24.5 Å². The van der Waals surface area contributed by atoms with Gasteiger partial charge in [-0.1, -0.05) is 29.8 Å². The van der Waals surface area contributed by atoms with E-state index in [-0.39, 0.29) is 16.9 Å². The van der Waals surface area contributed by atoms with Crippen molar-refractivity contribution in [3.8, 4) is 17.0 Å². The number of hydrogen-bond donors (Lipinski definition) is 2. The first-order valence-corrected chi connectivity index (χ1v) is 10.5. The summed E-state index contributed by atoms with van der Waals surface area (Å²) in [6.45, 7) is 4.37. The normalized spacial score (nSPS) is 15.1. The van der Waals surface area contributed by atoms with Gasteiger partial charge < -0.3 is 20.5 Å². The SMILES string of the molecule is Nc1c(NCCN2CCOCC2)ccc(OC(F)(F)F)c1-c1ccc2cccc(Cl)c2n1. The number of morpholine rings is 1. The van der Waals surface area contributed by atoms with Crippen LogP contribution in [0.1, 0.15) is 0 Å². The summed E-state index contributed by atoms with van der Waals surface area (Å²) in [7, 11) is 0. The quantitative estimate of drug-likeness (QED) is 0.509. The largest absolute Gasteiger partial charge is 0.573 e. The van der Waals surface area contributed by atoms with Crippen LogP contribution in [0.15, 0.2) is 42.5 Å². The number of para-hydroxylation sites is 1. The lowest BCUT2D eigenvalue weighted by Gasteiger charge is -2.27. The van der Waals surface area contributed by atoms with Gasteiger partial charge in [-0.2, -0.15) is 0 Å². The number of nitrogens with two attached hydrogens (primary N) is 1. The van der Waals surface area contributed by atoms with Crippen molar-refractivity contribution in [2.24, 2.45) is 0 Å². The van der Waals surface area contributed by atoms with Gasteiger partial charge in [-0.15, -0.1) is 13.2 Å². The lowest BCUT2D eigenvalue weighted by atomic mass is 10.0. The van der Waals surface area contributed by atoms with Crippen molar-refractivity contribution in [2.75, 3.05) is 50.4 Å². The highest BCUT2D eigenvalue weighted by Gasteiger charge is 2.33. The fourth-order valence-electron chi connectivity index (χ4n) is 3.65. The van der Waals surface area contributed by atoms with Crippen LogP contribution < -0.4 is 15.8 Å². The van der Waals surface area contributed by atoms with E-state index in [4.69, 9.17) is 22.1 Å². The molecule has 2 aromatic carbocycles. The van der Waals surface area contributed by atoms with Crippen LogP contribution >= 0.6 is 11.6 Å². The van der Waals surface area contributed by atoms with Crippen LogP contribution in [0, 0.1) is 0 Å². The third-order valence-corrected chi connectivity index (χ3v) is 5.51. The van der Waals surface area contributed by atoms with E-state index in [1.165, 1.54) is 12.1 Å². The zero-order valence-corrected chi connectivity index (χ0v) is 17.8. The lowest BCUT2D eigenvalue weighted by molar-refractivity contribution is -0.274. The molecule has 1 fully saturated rings. The summed E-state index contributed by atoms with van der Waals surface area (Å²) in [5.41, 5.74) is 7.70. The number of benzene rings is 2. The maximum absolute atomic E-state index is 13.1. The Balaban J connectivity index is 1.68. The number of halogens is 4. The van der Waals surface area contributed by atoms with Crippen LogP contribution in [0.3, 0.4) is 0 Å². The second-order valence-corrected chi connectivity index (χ2v) is 7.74. The number of fused-ring (bicyclic) bond motifs is 1. The van der Waals surface area contributed by atoms with E-state index < -0.39 is 12.1 Å². The highest BCUT2D eigenvalue weighted by atomic mass is 35.5. The molecule has 1 aliphatic heterocycles. The Hall–Kier alpha value is -2.75. The maximum atomic E-state index is 13.1. The molecule has 1 aliphatic rings. The molecule has 170 valence electrons. The molecule has 0 spiro atoms. The summed E-state index contributed by atoms with van der Waals surface area (Å²) in [4.78, 5) is 6.72. The molecule has 0 amide bonds. The number of alkyl halides is 3. The van der Waals surface area contributed by atoms with Crippen LogP contribution in [0.25, 0.3) is 22.2 Å². The summed E-state index contributed by atoms with van der Waals surface area (Å²) in [5, 5.41) is 4.36. The minimum absolute atomic E-state index is 0.0560. The van der Waals surface area contributed by atoms with Gasteiger partial charge in [0.25, 0.3) is 0 Å². The minimum Gasteiger partial charge on any atom is -0.405 e. The summed E-state index contributed by atoms with van der Waals surface area (Å²) >= 11 is 6.25. The van der Waals surface area contributed by atoms with E-state index in [9.17, 15) is 13.2 Å². The molecule has 3 aromatic rings. The van der Waals surface area contributed by atoms with Gasteiger partial charge in [0, 0.05) is 31.6 Å². The molecular formula is C22H22ClF3N4O2. The molecule has 32 heavy (non-hydrogen) atoms. The number of nitrogen functional groups attached to an aromatic ring is 1. The van der Waals surface area contributed by atoms with Crippen molar-refractivity contribution >= 4 is 33.9 Å². The molecule has 3 N–H and O–H groups in total. The fraction of sp³-hybridized carbons (Fsp3) is 0.318. The summed E-state index contributed by atoms with van der Waals surface area (Å²) in [6, 6.07) is 11.3. The number of ether oxygens (including phenoxy) is 2. The van der Waals surface area contributed by atoms with Gasteiger partial charge >= 0.3 is 6.36 Å². The first kappa shape index (κ1) is 22.4. The molecule has 0 bridgehead atoms. The molecular weight excluding hydrogens is 445 g/mol. The monoisotopic (exact) mass is 466 g/mol. The molecule has 1 aromatic heterocycles. The van der Waals surface area contributed by atoms with Crippen molar-refractivity contribution in [1.82, 2.24) is 9.88 Å². The van der Waals surface area contributed by atoms with Gasteiger partial charge in [0.1, 0.15) is 5.75 Å². The minimum atomic E-state index is -4.87. The number of aromatic nitrogens is 1. The summed E-state index contributed by atoms with van der Waals surface area (Å²) < 4.78 is 48.8. The summed E-state index contributed by atoms with van der Waals surface area (Å²) in [5.74, 6) is -0.423. The van der Waals surface area contributed by atoms with E-state index in [0.29, 0.717) is 36.0 Å². The Labute approximate surface area is 188 Å². The smallest absolute Gasteiger partial charge is 0.405 e. The Kier molecular flexibility index (Phi) is 6.59. The molecule has 0 aliphatic carbocycles. The van der Waals surface area contributed by atoms with Gasteiger partial charge in [-0.25, -0.2) is 4.98 Å². The Morgan fingerprint density at radius 1 is 1.12 bits per heavy atom. The number of anilines is 2. The third-order valence-electron chi connectivity index (χ3n) is 5.21. The Morgan fingerprint density at radius 2 is 1.91 bits per heavy atom. The first-order valence-electron chi connectivity index (χ1n) is 10.1. The van der Waals surface area contributed by atoms with Gasteiger partial charge in [0.15, 0.2) is 0 Å². The lowest BCUT2D eigenvalue weighted by Crippen LogP contribution is -2.39. The molecule has 0 radical (unpaired) electrons. The van der Waals surface area contributed by atoms with Gasteiger partial charge in [-0.3, -0.25) is 4.90 Å². The maximum Gasteiger partial charge on any atom is 0.573 e. The topological polar surface area (TPSA) is 72.6 Å². The number of hydrogen-bond acceptors (Lipinski definition) is 6. The van der Waals surface area contributed by atoms with Gasteiger partial charge in [-0.05, 0) is 24.3 Å². The van der Waals surface area contributed by atoms with Crippen molar-refractivity contribution < 1.29 is 22.6 Å². The molecule has 2 heterocycles. The Bertz CT molecular complexity index is 1100. The zero-order valence-electron chi connectivity index (χ0n) is 17.1. The first-order chi connectivity index (χ1) is 15.3. The number of nitrogens with one attached hydrogen (secondary N) is 1. The fourth-order valence-corrected chi connectivity index (χ4v) is 3.88. The molecule has 10 heteroatoms. The zero-order chi connectivity index (χ0) is 22.7. The van der Waals surface area contributed by atoms with E-state index >= 15 is 0 Å². The van der Waals surface area contributed by atoms with E-state index in [1.807, 2.05) is 6.07 Å². The van der Waals surface area contributed by atoms with E-state index in [0.717, 1.165) is 25.0 Å². The molecule has 6 nitrogen and oxygen atoms in total. The highest BCUT2D eigenvalue weighted by Crippen LogP contribution is 2.41. The molecule has 0 saturated carbocycles. The molecule has 4 rings (SSSR count). The average Bonchev–Trinajstić information content (AvgIpc) is 2.75. The van der Waals surface area contributed by atoms with Crippen LogP contribution in [0.5, 0.6) is 5.75 Å². The third kappa shape index (κ3) is 5.17. The second kappa shape index (κ2) is 9.40. The molecule has 1 saturated heterocycles. The highest BCUT2D eigenvalue weighted by molar-refractivity contribution is 6.35. The van der Waals surface area contributed by atoms with Crippen molar-refractivity contribution in [3.63, 3.8) is 0 Å². The van der Waals surface area contributed by atoms with Crippen molar-refractivity contribution in [2.45, 2.75) is 6.36 Å². The predicted octanol–water partition coefficient (Wildman–Crippen LogP) is 4.78. The van der Waals surface area contributed by atoms with Gasteiger partial charge in [0.05, 0.1) is 46.4 Å². The second-order valence-electron chi connectivity index (χ2n) is 7.34.